The highest BCUT2D eigenvalue weighted by Crippen LogP contribution is 2.30. The summed E-state index contributed by atoms with van der Waals surface area (Å²) >= 11 is 12.2. The zero-order chi connectivity index (χ0) is 21.9. The SMILES string of the molecule is CC(C)(C)c1cc(CN2CCNC(=O)CC2)c(NC(=O)Nc2cccc(Cl)c2Cl)[nH]1. The van der Waals surface area contributed by atoms with Gasteiger partial charge in [-0.3, -0.25) is 15.0 Å². The summed E-state index contributed by atoms with van der Waals surface area (Å²) in [4.78, 5) is 29.8. The second-order valence-corrected chi connectivity index (χ2v) is 9.18. The van der Waals surface area contributed by atoms with Gasteiger partial charge in [-0.1, -0.05) is 50.0 Å². The highest BCUT2D eigenvalue weighted by molar-refractivity contribution is 6.44. The minimum absolute atomic E-state index is 0.0677. The molecule has 4 N–H and O–H groups in total. The van der Waals surface area contributed by atoms with Crippen molar-refractivity contribution < 1.29 is 9.59 Å². The van der Waals surface area contributed by atoms with Crippen molar-refractivity contribution in [3.8, 4) is 0 Å². The normalized spacial score (nSPS) is 15.4. The van der Waals surface area contributed by atoms with Gasteiger partial charge in [0.05, 0.1) is 15.7 Å². The van der Waals surface area contributed by atoms with E-state index < -0.39 is 6.03 Å². The number of anilines is 2. The largest absolute Gasteiger partial charge is 0.355 e. The molecule has 1 aromatic heterocycles. The Morgan fingerprint density at radius 3 is 2.70 bits per heavy atom. The van der Waals surface area contributed by atoms with Crippen molar-refractivity contribution in [1.29, 1.82) is 0 Å². The van der Waals surface area contributed by atoms with Gasteiger partial charge in [-0.15, -0.1) is 0 Å². The minimum Gasteiger partial charge on any atom is -0.355 e. The van der Waals surface area contributed by atoms with E-state index in [0.29, 0.717) is 42.6 Å². The van der Waals surface area contributed by atoms with Crippen LogP contribution in [0, 0.1) is 0 Å². The lowest BCUT2D eigenvalue weighted by molar-refractivity contribution is -0.120. The van der Waals surface area contributed by atoms with E-state index in [1.807, 2.05) is 0 Å². The number of aromatic nitrogens is 1. The van der Waals surface area contributed by atoms with Crippen LogP contribution in [0.1, 0.15) is 38.4 Å². The van der Waals surface area contributed by atoms with Gasteiger partial charge in [0.1, 0.15) is 5.82 Å². The first-order valence-electron chi connectivity index (χ1n) is 9.87. The van der Waals surface area contributed by atoms with Crippen LogP contribution in [0.3, 0.4) is 0 Å². The third-order valence-electron chi connectivity index (χ3n) is 4.94. The maximum absolute atomic E-state index is 12.6. The monoisotopic (exact) mass is 451 g/mol. The highest BCUT2D eigenvalue weighted by atomic mass is 35.5. The van der Waals surface area contributed by atoms with Gasteiger partial charge < -0.3 is 15.6 Å². The fourth-order valence-corrected chi connectivity index (χ4v) is 3.57. The van der Waals surface area contributed by atoms with Gasteiger partial charge in [0.25, 0.3) is 0 Å². The number of urea groups is 1. The summed E-state index contributed by atoms with van der Waals surface area (Å²) < 4.78 is 0. The summed E-state index contributed by atoms with van der Waals surface area (Å²) in [6.07, 6.45) is 0.465. The van der Waals surface area contributed by atoms with Crippen molar-refractivity contribution in [3.63, 3.8) is 0 Å². The molecule has 0 bridgehead atoms. The van der Waals surface area contributed by atoms with Crippen molar-refractivity contribution >= 4 is 46.6 Å². The molecule has 0 unspecified atom stereocenters. The second-order valence-electron chi connectivity index (χ2n) is 8.39. The molecule has 0 aliphatic carbocycles. The van der Waals surface area contributed by atoms with Crippen LogP contribution in [0.25, 0.3) is 0 Å². The third kappa shape index (κ3) is 5.68. The molecular formula is C21H27Cl2N5O2. The number of benzene rings is 1. The lowest BCUT2D eigenvalue weighted by atomic mass is 9.92. The van der Waals surface area contributed by atoms with E-state index in [4.69, 9.17) is 23.2 Å². The molecule has 1 saturated heterocycles. The van der Waals surface area contributed by atoms with E-state index >= 15 is 0 Å². The van der Waals surface area contributed by atoms with Crippen molar-refractivity contribution in [3.05, 3.63) is 45.6 Å². The Kier molecular flexibility index (Phi) is 6.95. The number of H-pyrrole nitrogens is 1. The van der Waals surface area contributed by atoms with Crippen molar-refractivity contribution in [2.24, 2.45) is 0 Å². The number of nitrogens with zero attached hydrogens (tertiary/aromatic N) is 1. The number of rotatable bonds is 4. The summed E-state index contributed by atoms with van der Waals surface area (Å²) in [5.41, 5.74) is 2.29. The van der Waals surface area contributed by atoms with Crippen LogP contribution in [0.2, 0.25) is 10.0 Å². The third-order valence-corrected chi connectivity index (χ3v) is 5.76. The van der Waals surface area contributed by atoms with Gasteiger partial charge >= 0.3 is 6.03 Å². The van der Waals surface area contributed by atoms with E-state index in [-0.39, 0.29) is 16.3 Å². The van der Waals surface area contributed by atoms with Gasteiger partial charge in [-0.2, -0.15) is 0 Å². The fraction of sp³-hybridized carbons (Fsp3) is 0.429. The van der Waals surface area contributed by atoms with E-state index in [9.17, 15) is 9.59 Å². The molecule has 162 valence electrons. The number of hydrogen-bond acceptors (Lipinski definition) is 3. The van der Waals surface area contributed by atoms with Gasteiger partial charge in [0.15, 0.2) is 0 Å². The predicted octanol–water partition coefficient (Wildman–Crippen LogP) is 4.58. The summed E-state index contributed by atoms with van der Waals surface area (Å²) in [7, 11) is 0. The Balaban J connectivity index is 1.78. The molecule has 2 heterocycles. The lowest BCUT2D eigenvalue weighted by Gasteiger charge is -2.19. The quantitative estimate of drug-likeness (QED) is 0.547. The van der Waals surface area contributed by atoms with Gasteiger partial charge in [0, 0.05) is 49.3 Å². The summed E-state index contributed by atoms with van der Waals surface area (Å²) in [6, 6.07) is 6.71. The molecule has 0 saturated carbocycles. The maximum Gasteiger partial charge on any atom is 0.324 e. The molecule has 1 aliphatic heterocycles. The van der Waals surface area contributed by atoms with E-state index in [1.54, 1.807) is 18.2 Å². The molecule has 30 heavy (non-hydrogen) atoms. The number of amides is 3. The van der Waals surface area contributed by atoms with Crippen LogP contribution >= 0.6 is 23.2 Å². The molecule has 3 rings (SSSR count). The molecule has 0 spiro atoms. The van der Waals surface area contributed by atoms with Crippen molar-refractivity contribution in [1.82, 2.24) is 15.2 Å². The molecule has 7 nitrogen and oxygen atoms in total. The predicted molar refractivity (Wildman–Crippen MR) is 121 cm³/mol. The average Bonchev–Trinajstić information content (AvgIpc) is 2.94. The summed E-state index contributed by atoms with van der Waals surface area (Å²) in [5.74, 6) is 0.692. The fourth-order valence-electron chi connectivity index (χ4n) is 3.22. The first-order chi connectivity index (χ1) is 14.1. The van der Waals surface area contributed by atoms with Crippen LogP contribution in [0.5, 0.6) is 0 Å². The summed E-state index contributed by atoms with van der Waals surface area (Å²) in [6.45, 7) is 8.98. The molecule has 1 aliphatic rings. The van der Waals surface area contributed by atoms with Crippen LogP contribution in [-0.4, -0.2) is 41.5 Å². The maximum atomic E-state index is 12.6. The first kappa shape index (κ1) is 22.5. The van der Waals surface area contributed by atoms with E-state index in [0.717, 1.165) is 17.8 Å². The number of nitrogens with one attached hydrogen (secondary N) is 4. The molecule has 0 radical (unpaired) electrons. The van der Waals surface area contributed by atoms with Crippen LogP contribution in [-0.2, 0) is 16.8 Å². The second kappa shape index (κ2) is 9.29. The number of halogens is 2. The van der Waals surface area contributed by atoms with E-state index in [2.05, 4.69) is 52.7 Å². The number of carbonyl (C=O) groups is 2. The van der Waals surface area contributed by atoms with Gasteiger partial charge in [-0.05, 0) is 18.2 Å². The zero-order valence-corrected chi connectivity index (χ0v) is 18.9. The molecule has 0 atom stereocenters. The number of hydrogen-bond donors (Lipinski definition) is 4. The Hall–Kier alpha value is -2.22. The molecule has 1 fully saturated rings. The lowest BCUT2D eigenvalue weighted by Crippen LogP contribution is -2.28. The Bertz CT molecular complexity index is 936. The zero-order valence-electron chi connectivity index (χ0n) is 17.4. The van der Waals surface area contributed by atoms with Crippen LogP contribution in [0.15, 0.2) is 24.3 Å². The summed E-state index contributed by atoms with van der Waals surface area (Å²) in [5, 5.41) is 9.18. The average molecular weight is 452 g/mol. The molecule has 3 amide bonds. The smallest absolute Gasteiger partial charge is 0.324 e. The van der Waals surface area contributed by atoms with Crippen LogP contribution in [0.4, 0.5) is 16.3 Å². The minimum atomic E-state index is -0.421. The number of carbonyl (C=O) groups excluding carboxylic acids is 2. The van der Waals surface area contributed by atoms with Gasteiger partial charge in [-0.25, -0.2) is 4.79 Å². The Morgan fingerprint density at radius 1 is 1.20 bits per heavy atom. The molecular weight excluding hydrogens is 425 g/mol. The van der Waals surface area contributed by atoms with Crippen molar-refractivity contribution in [2.45, 2.75) is 39.2 Å². The molecule has 2 aromatic rings. The topological polar surface area (TPSA) is 89.3 Å². The Labute approximate surface area is 186 Å². The standard InChI is InChI=1S/C21H27Cl2N5O2/c1-21(2,3)16-11-13(12-28-9-7-17(29)24-8-10-28)19(26-16)27-20(30)25-15-6-4-5-14(22)18(15)23/h4-6,11,26H,7-10,12H2,1-3H3,(H,24,29)(H2,25,27,30). The highest BCUT2D eigenvalue weighted by Gasteiger charge is 2.22. The van der Waals surface area contributed by atoms with Crippen LogP contribution < -0.4 is 16.0 Å². The molecule has 1 aromatic carbocycles. The molecule has 9 heteroatoms. The van der Waals surface area contributed by atoms with Crippen molar-refractivity contribution in [2.75, 3.05) is 30.3 Å². The van der Waals surface area contributed by atoms with Gasteiger partial charge in [0.2, 0.25) is 5.91 Å². The van der Waals surface area contributed by atoms with E-state index in [1.165, 1.54) is 0 Å². The number of aromatic amines is 1. The Morgan fingerprint density at radius 2 is 1.97 bits per heavy atom. The first-order valence-corrected chi connectivity index (χ1v) is 10.6.